The summed E-state index contributed by atoms with van der Waals surface area (Å²) in [5.74, 6) is -1.26. The van der Waals surface area contributed by atoms with Gasteiger partial charge in [0.25, 0.3) is 0 Å². The van der Waals surface area contributed by atoms with E-state index in [0.29, 0.717) is 17.0 Å². The lowest BCUT2D eigenvalue weighted by Gasteiger charge is -2.18. The monoisotopic (exact) mass is 310 g/mol. The standard InChI is InChI=1S/C12H16N6O3.H2O/c1-6(2)8(12(20)21)18-7(19)3-13-10-9-11(15-4-14-9)17-5-16-10;/h4-6,8H,3H2,1-2H3,(H,18,19)(H,20,21)(H2,13,14,15,16,17);1H2/t8-;/m0./s1. The van der Waals surface area contributed by atoms with Crippen LogP contribution >= 0.6 is 0 Å². The van der Waals surface area contributed by atoms with Gasteiger partial charge in [-0.05, 0) is 5.92 Å². The summed E-state index contributed by atoms with van der Waals surface area (Å²) in [4.78, 5) is 37.6. The number of hydrogen-bond acceptors (Lipinski definition) is 6. The molecule has 0 unspecified atom stereocenters. The lowest BCUT2D eigenvalue weighted by molar-refractivity contribution is -0.142. The van der Waals surface area contributed by atoms with Gasteiger partial charge in [-0.3, -0.25) is 4.79 Å². The average Bonchev–Trinajstić information content (AvgIpc) is 2.90. The summed E-state index contributed by atoms with van der Waals surface area (Å²) in [7, 11) is 0. The third-order valence-electron chi connectivity index (χ3n) is 2.89. The number of carboxylic acid groups (broad SMARTS) is 1. The third kappa shape index (κ3) is 3.88. The van der Waals surface area contributed by atoms with Gasteiger partial charge < -0.3 is 26.2 Å². The van der Waals surface area contributed by atoms with Crippen LogP contribution in [0.5, 0.6) is 0 Å². The Labute approximate surface area is 125 Å². The maximum absolute atomic E-state index is 11.8. The van der Waals surface area contributed by atoms with Crippen LogP contribution in [0.3, 0.4) is 0 Å². The molecule has 1 amide bonds. The summed E-state index contributed by atoms with van der Waals surface area (Å²) in [5, 5.41) is 14.3. The Hall–Kier alpha value is -2.75. The summed E-state index contributed by atoms with van der Waals surface area (Å²) in [5.41, 5.74) is 1.07. The van der Waals surface area contributed by atoms with Crippen LogP contribution in [0.1, 0.15) is 13.8 Å². The van der Waals surface area contributed by atoms with E-state index in [1.165, 1.54) is 12.7 Å². The van der Waals surface area contributed by atoms with Crippen molar-refractivity contribution in [2.45, 2.75) is 19.9 Å². The van der Waals surface area contributed by atoms with Crippen molar-refractivity contribution in [2.24, 2.45) is 5.92 Å². The van der Waals surface area contributed by atoms with Gasteiger partial charge in [0, 0.05) is 0 Å². The van der Waals surface area contributed by atoms with E-state index in [2.05, 4.69) is 30.6 Å². The van der Waals surface area contributed by atoms with Crippen molar-refractivity contribution < 1.29 is 20.2 Å². The minimum atomic E-state index is -1.06. The molecule has 22 heavy (non-hydrogen) atoms. The first-order valence-electron chi connectivity index (χ1n) is 6.39. The molecular formula is C12H18N6O4. The van der Waals surface area contributed by atoms with Crippen LogP contribution in [0.2, 0.25) is 0 Å². The second kappa shape index (κ2) is 7.31. The SMILES string of the molecule is CC(C)[C@H](NC(=O)CNc1ncnc2nc[nH]c12)C(=O)O.O. The van der Waals surface area contributed by atoms with Crippen LogP contribution in [0.4, 0.5) is 5.82 Å². The predicted octanol–water partition coefficient (Wildman–Crippen LogP) is -0.834. The van der Waals surface area contributed by atoms with Crippen molar-refractivity contribution in [2.75, 3.05) is 11.9 Å². The number of nitrogens with one attached hydrogen (secondary N) is 3. The zero-order valence-electron chi connectivity index (χ0n) is 12.1. The number of aromatic amines is 1. The Kier molecular flexibility index (Phi) is 5.75. The highest BCUT2D eigenvalue weighted by molar-refractivity contribution is 5.88. The molecular weight excluding hydrogens is 292 g/mol. The normalized spacial score (nSPS) is 11.8. The molecule has 1 atom stereocenters. The molecule has 0 saturated heterocycles. The van der Waals surface area contributed by atoms with Crippen molar-refractivity contribution >= 4 is 28.9 Å². The van der Waals surface area contributed by atoms with Gasteiger partial charge >= 0.3 is 5.97 Å². The Balaban J connectivity index is 0.00000242. The van der Waals surface area contributed by atoms with Crippen molar-refractivity contribution in [3.63, 3.8) is 0 Å². The van der Waals surface area contributed by atoms with Gasteiger partial charge in [-0.15, -0.1) is 0 Å². The van der Waals surface area contributed by atoms with E-state index in [4.69, 9.17) is 5.11 Å². The number of nitrogens with zero attached hydrogens (tertiary/aromatic N) is 3. The van der Waals surface area contributed by atoms with Crippen molar-refractivity contribution in [3.8, 4) is 0 Å². The number of carbonyl (C=O) groups is 2. The maximum atomic E-state index is 11.8. The fraction of sp³-hybridized carbons (Fsp3) is 0.417. The van der Waals surface area contributed by atoms with Gasteiger partial charge in [-0.25, -0.2) is 19.7 Å². The van der Waals surface area contributed by atoms with Crippen molar-refractivity contribution in [1.29, 1.82) is 0 Å². The molecule has 2 aromatic heterocycles. The van der Waals surface area contributed by atoms with Gasteiger partial charge in [-0.2, -0.15) is 0 Å². The fourth-order valence-electron chi connectivity index (χ4n) is 1.80. The second-order valence-corrected chi connectivity index (χ2v) is 4.80. The number of fused-ring (bicyclic) bond motifs is 1. The van der Waals surface area contributed by atoms with Crippen LogP contribution in [-0.4, -0.2) is 55.0 Å². The molecule has 0 aliphatic heterocycles. The Bertz CT molecular complexity index is 656. The van der Waals surface area contributed by atoms with Crippen LogP contribution in [-0.2, 0) is 9.59 Å². The molecule has 0 fully saturated rings. The topological polar surface area (TPSA) is 164 Å². The Morgan fingerprint density at radius 3 is 2.68 bits per heavy atom. The number of hydrogen-bond donors (Lipinski definition) is 4. The molecule has 10 heteroatoms. The van der Waals surface area contributed by atoms with Crippen molar-refractivity contribution in [1.82, 2.24) is 25.3 Å². The number of anilines is 1. The number of rotatable bonds is 6. The first kappa shape index (κ1) is 17.3. The molecule has 0 aliphatic carbocycles. The zero-order chi connectivity index (χ0) is 15.4. The van der Waals surface area contributed by atoms with Gasteiger partial charge in [0.05, 0.1) is 12.9 Å². The van der Waals surface area contributed by atoms with Gasteiger partial charge in [0.2, 0.25) is 5.91 Å². The maximum Gasteiger partial charge on any atom is 0.326 e. The second-order valence-electron chi connectivity index (χ2n) is 4.80. The highest BCUT2D eigenvalue weighted by Gasteiger charge is 2.23. The van der Waals surface area contributed by atoms with Crippen LogP contribution in [0.25, 0.3) is 11.2 Å². The molecule has 2 heterocycles. The van der Waals surface area contributed by atoms with Gasteiger partial charge in [0.1, 0.15) is 17.9 Å². The van der Waals surface area contributed by atoms with Gasteiger partial charge in [-0.1, -0.05) is 13.8 Å². The molecule has 0 spiro atoms. The number of aromatic nitrogens is 4. The number of H-pyrrole nitrogens is 1. The number of carbonyl (C=O) groups excluding carboxylic acids is 1. The van der Waals surface area contributed by atoms with E-state index in [9.17, 15) is 9.59 Å². The van der Waals surface area contributed by atoms with E-state index < -0.39 is 17.9 Å². The molecule has 2 rings (SSSR count). The summed E-state index contributed by atoms with van der Waals surface area (Å²) < 4.78 is 0. The lowest BCUT2D eigenvalue weighted by atomic mass is 10.1. The molecule has 0 radical (unpaired) electrons. The van der Waals surface area contributed by atoms with Crippen LogP contribution in [0.15, 0.2) is 12.7 Å². The third-order valence-corrected chi connectivity index (χ3v) is 2.89. The first-order chi connectivity index (χ1) is 9.99. The van der Waals surface area contributed by atoms with Crippen LogP contribution < -0.4 is 10.6 Å². The molecule has 120 valence electrons. The molecule has 0 aliphatic rings. The number of aliphatic carboxylic acids is 1. The summed E-state index contributed by atoms with van der Waals surface area (Å²) >= 11 is 0. The highest BCUT2D eigenvalue weighted by Crippen LogP contribution is 2.13. The molecule has 10 nitrogen and oxygen atoms in total. The minimum Gasteiger partial charge on any atom is -0.480 e. The summed E-state index contributed by atoms with van der Waals surface area (Å²) in [6, 6.07) is -0.920. The predicted molar refractivity (Wildman–Crippen MR) is 78.2 cm³/mol. The Morgan fingerprint density at radius 2 is 2.05 bits per heavy atom. The first-order valence-corrected chi connectivity index (χ1v) is 6.39. The van der Waals surface area contributed by atoms with Crippen molar-refractivity contribution in [3.05, 3.63) is 12.7 Å². The van der Waals surface area contributed by atoms with E-state index >= 15 is 0 Å². The van der Waals surface area contributed by atoms with E-state index in [1.807, 2.05) is 0 Å². The molecule has 6 N–H and O–H groups in total. The van der Waals surface area contributed by atoms with Gasteiger partial charge in [0.15, 0.2) is 11.5 Å². The number of imidazole rings is 1. The molecule has 2 aromatic rings. The number of carboxylic acids is 1. The fourth-order valence-corrected chi connectivity index (χ4v) is 1.80. The quantitative estimate of drug-likeness (QED) is 0.540. The molecule has 0 saturated carbocycles. The minimum absolute atomic E-state index is 0. The van der Waals surface area contributed by atoms with E-state index in [0.717, 1.165) is 0 Å². The summed E-state index contributed by atoms with van der Waals surface area (Å²) in [6.45, 7) is 3.36. The summed E-state index contributed by atoms with van der Waals surface area (Å²) in [6.07, 6.45) is 2.81. The van der Waals surface area contributed by atoms with E-state index in [1.54, 1.807) is 13.8 Å². The smallest absolute Gasteiger partial charge is 0.326 e. The number of amides is 1. The zero-order valence-corrected chi connectivity index (χ0v) is 12.1. The molecule has 0 bridgehead atoms. The average molecular weight is 310 g/mol. The highest BCUT2D eigenvalue weighted by atomic mass is 16.4. The Morgan fingerprint density at radius 1 is 1.32 bits per heavy atom. The van der Waals surface area contributed by atoms with E-state index in [-0.39, 0.29) is 17.9 Å². The lowest BCUT2D eigenvalue weighted by Crippen LogP contribution is -2.46. The van der Waals surface area contributed by atoms with Crippen LogP contribution in [0, 0.1) is 5.92 Å². The molecule has 0 aromatic carbocycles. The largest absolute Gasteiger partial charge is 0.480 e.